The average Bonchev–Trinajstić information content (AvgIpc) is 3.03. The topological polar surface area (TPSA) is 68.0 Å². The van der Waals surface area contributed by atoms with Gasteiger partial charge in [-0.15, -0.1) is 5.10 Å². The Hall–Kier alpha value is -2.95. The summed E-state index contributed by atoms with van der Waals surface area (Å²) in [5.41, 5.74) is 4.14. The molecule has 0 aliphatic heterocycles. The zero-order valence-corrected chi connectivity index (χ0v) is 12.8. The van der Waals surface area contributed by atoms with Gasteiger partial charge in [0.25, 0.3) is 0 Å². The van der Waals surface area contributed by atoms with E-state index in [0.29, 0.717) is 12.1 Å². The molecule has 0 saturated carbocycles. The lowest BCUT2D eigenvalue weighted by molar-refractivity contribution is 0.0695. The molecule has 0 radical (unpaired) electrons. The van der Waals surface area contributed by atoms with Gasteiger partial charge in [-0.2, -0.15) is 0 Å². The van der Waals surface area contributed by atoms with Crippen LogP contribution in [0, 0.1) is 0 Å². The van der Waals surface area contributed by atoms with Gasteiger partial charge in [0.1, 0.15) is 0 Å². The number of carboxylic acids is 1. The molecule has 5 nitrogen and oxygen atoms in total. The van der Waals surface area contributed by atoms with Crippen LogP contribution in [0.1, 0.15) is 28.4 Å². The maximum atomic E-state index is 11.3. The lowest BCUT2D eigenvalue weighted by Gasteiger charge is -2.09. The van der Waals surface area contributed by atoms with Gasteiger partial charge in [-0.25, -0.2) is 9.48 Å². The van der Waals surface area contributed by atoms with Gasteiger partial charge in [-0.1, -0.05) is 54.6 Å². The summed E-state index contributed by atoms with van der Waals surface area (Å²) in [7, 11) is 0. The van der Waals surface area contributed by atoms with Crippen LogP contribution in [0.25, 0.3) is 11.3 Å². The Morgan fingerprint density at radius 1 is 1.13 bits per heavy atom. The minimum Gasteiger partial charge on any atom is -0.478 e. The Balaban J connectivity index is 1.94. The van der Waals surface area contributed by atoms with Crippen LogP contribution >= 0.6 is 0 Å². The van der Waals surface area contributed by atoms with Gasteiger partial charge < -0.3 is 5.11 Å². The summed E-state index contributed by atoms with van der Waals surface area (Å²) in [6.07, 6.45) is 2.69. The van der Waals surface area contributed by atoms with Crippen molar-refractivity contribution in [1.82, 2.24) is 15.0 Å². The Bertz CT molecular complexity index is 822. The first kappa shape index (κ1) is 15.0. The maximum Gasteiger partial charge on any atom is 0.336 e. The fourth-order valence-corrected chi connectivity index (χ4v) is 2.54. The Morgan fingerprint density at radius 2 is 1.87 bits per heavy atom. The van der Waals surface area contributed by atoms with E-state index in [-0.39, 0.29) is 5.56 Å². The van der Waals surface area contributed by atoms with Crippen LogP contribution in [0.2, 0.25) is 0 Å². The summed E-state index contributed by atoms with van der Waals surface area (Å²) in [5.74, 6) is -0.936. The summed E-state index contributed by atoms with van der Waals surface area (Å²) in [6, 6.07) is 15.2. The number of aryl methyl sites for hydroxylation is 1. The van der Waals surface area contributed by atoms with Gasteiger partial charge in [-0.05, 0) is 23.6 Å². The first-order valence-corrected chi connectivity index (χ1v) is 7.48. The number of hydrogen-bond donors (Lipinski definition) is 1. The Morgan fingerprint density at radius 3 is 2.57 bits per heavy atom. The summed E-state index contributed by atoms with van der Waals surface area (Å²) in [4.78, 5) is 11.3. The van der Waals surface area contributed by atoms with Crippen LogP contribution in [0.15, 0.2) is 54.7 Å². The van der Waals surface area contributed by atoms with Crippen molar-refractivity contribution in [2.75, 3.05) is 0 Å². The van der Waals surface area contributed by atoms with Crippen LogP contribution in [-0.2, 0) is 13.0 Å². The quantitative estimate of drug-likeness (QED) is 0.785. The van der Waals surface area contributed by atoms with Gasteiger partial charge in [0.15, 0.2) is 0 Å². The van der Waals surface area contributed by atoms with E-state index < -0.39 is 5.97 Å². The summed E-state index contributed by atoms with van der Waals surface area (Å²) in [5, 5.41) is 17.4. The van der Waals surface area contributed by atoms with Crippen LogP contribution in [0.5, 0.6) is 0 Å². The molecule has 1 heterocycles. The van der Waals surface area contributed by atoms with Crippen LogP contribution in [-0.4, -0.2) is 26.1 Å². The van der Waals surface area contributed by atoms with Crippen molar-refractivity contribution in [3.05, 3.63) is 71.4 Å². The maximum absolute atomic E-state index is 11.3. The van der Waals surface area contributed by atoms with Gasteiger partial charge in [-0.3, -0.25) is 0 Å². The Labute approximate surface area is 134 Å². The summed E-state index contributed by atoms with van der Waals surface area (Å²) < 4.78 is 1.72. The molecule has 0 fully saturated rings. The van der Waals surface area contributed by atoms with E-state index in [0.717, 1.165) is 17.7 Å². The number of hydrogen-bond acceptors (Lipinski definition) is 3. The molecule has 1 aromatic heterocycles. The van der Waals surface area contributed by atoms with E-state index in [1.807, 2.05) is 18.2 Å². The standard InChI is InChI=1S/C18H17N3O2/c1-2-13-7-9-14(10-8-13)17-11-19-20-21(17)12-15-5-3-4-6-16(15)18(22)23/h3-11H,2,12H2,1H3,(H,22,23). The molecular formula is C18H17N3O2. The number of carboxylic acid groups (broad SMARTS) is 1. The van der Waals surface area contributed by atoms with Crippen molar-refractivity contribution >= 4 is 5.97 Å². The molecule has 23 heavy (non-hydrogen) atoms. The third kappa shape index (κ3) is 3.13. The number of carbonyl (C=O) groups is 1. The fourth-order valence-electron chi connectivity index (χ4n) is 2.54. The van der Waals surface area contributed by atoms with Crippen LogP contribution in [0.4, 0.5) is 0 Å². The van der Waals surface area contributed by atoms with Crippen molar-refractivity contribution in [3.63, 3.8) is 0 Å². The normalized spacial score (nSPS) is 10.7. The third-order valence-electron chi connectivity index (χ3n) is 3.84. The predicted octanol–water partition coefficient (Wildman–Crippen LogP) is 3.25. The van der Waals surface area contributed by atoms with E-state index in [1.165, 1.54) is 5.56 Å². The smallest absolute Gasteiger partial charge is 0.336 e. The molecule has 0 aliphatic carbocycles. The first-order valence-electron chi connectivity index (χ1n) is 7.48. The monoisotopic (exact) mass is 307 g/mol. The highest BCUT2D eigenvalue weighted by Crippen LogP contribution is 2.20. The van der Waals surface area contributed by atoms with Crippen LogP contribution in [0.3, 0.4) is 0 Å². The van der Waals surface area contributed by atoms with Gasteiger partial charge >= 0.3 is 5.97 Å². The minimum absolute atomic E-state index is 0.287. The molecule has 1 N–H and O–H groups in total. The molecule has 0 saturated heterocycles. The predicted molar refractivity (Wildman–Crippen MR) is 87.3 cm³/mol. The van der Waals surface area contributed by atoms with Crippen molar-refractivity contribution in [2.45, 2.75) is 19.9 Å². The molecule has 116 valence electrons. The molecule has 2 aromatic carbocycles. The molecule has 3 rings (SSSR count). The van der Waals surface area contributed by atoms with Crippen LogP contribution < -0.4 is 0 Å². The number of aromatic carboxylic acids is 1. The van der Waals surface area contributed by atoms with E-state index in [2.05, 4.69) is 29.4 Å². The highest BCUT2D eigenvalue weighted by molar-refractivity contribution is 5.89. The fraction of sp³-hybridized carbons (Fsp3) is 0.167. The molecule has 0 spiro atoms. The number of benzene rings is 2. The van der Waals surface area contributed by atoms with Gasteiger partial charge in [0, 0.05) is 5.56 Å². The third-order valence-corrected chi connectivity index (χ3v) is 3.84. The highest BCUT2D eigenvalue weighted by Gasteiger charge is 2.12. The highest BCUT2D eigenvalue weighted by atomic mass is 16.4. The molecule has 3 aromatic rings. The van der Waals surface area contributed by atoms with Crippen molar-refractivity contribution < 1.29 is 9.90 Å². The zero-order chi connectivity index (χ0) is 16.2. The molecule has 5 heteroatoms. The van der Waals surface area contributed by atoms with Crippen molar-refractivity contribution in [3.8, 4) is 11.3 Å². The molecule has 0 bridgehead atoms. The van der Waals surface area contributed by atoms with Gasteiger partial charge in [0.05, 0.1) is 24.0 Å². The number of rotatable bonds is 5. The zero-order valence-electron chi connectivity index (χ0n) is 12.8. The lowest BCUT2D eigenvalue weighted by Crippen LogP contribution is -2.09. The molecule has 0 aliphatic rings. The van der Waals surface area contributed by atoms with Gasteiger partial charge in [0.2, 0.25) is 0 Å². The number of aromatic nitrogens is 3. The molecule has 0 atom stereocenters. The lowest BCUT2D eigenvalue weighted by atomic mass is 10.1. The average molecular weight is 307 g/mol. The van der Waals surface area contributed by atoms with E-state index in [1.54, 1.807) is 29.1 Å². The Kier molecular flexibility index (Phi) is 4.19. The summed E-state index contributed by atoms with van der Waals surface area (Å²) >= 11 is 0. The van der Waals surface area contributed by atoms with E-state index >= 15 is 0 Å². The molecular weight excluding hydrogens is 290 g/mol. The van der Waals surface area contributed by atoms with Crippen molar-refractivity contribution in [2.24, 2.45) is 0 Å². The first-order chi connectivity index (χ1) is 11.2. The summed E-state index contributed by atoms with van der Waals surface area (Å²) in [6.45, 7) is 2.48. The molecule has 0 amide bonds. The number of nitrogens with zero attached hydrogens (tertiary/aromatic N) is 3. The second-order valence-electron chi connectivity index (χ2n) is 5.29. The van der Waals surface area contributed by atoms with E-state index in [9.17, 15) is 9.90 Å². The second-order valence-corrected chi connectivity index (χ2v) is 5.29. The second kappa shape index (κ2) is 6.44. The van der Waals surface area contributed by atoms with Crippen molar-refractivity contribution in [1.29, 1.82) is 0 Å². The minimum atomic E-state index is -0.936. The SMILES string of the molecule is CCc1ccc(-c2cnnn2Cc2ccccc2C(=O)O)cc1. The molecule has 0 unspecified atom stereocenters. The largest absolute Gasteiger partial charge is 0.478 e. The van der Waals surface area contributed by atoms with E-state index in [4.69, 9.17) is 0 Å².